The molecule has 21 heavy (non-hydrogen) atoms. The van der Waals surface area contributed by atoms with E-state index in [4.69, 9.17) is 4.74 Å². The van der Waals surface area contributed by atoms with Gasteiger partial charge in [0.25, 0.3) is 0 Å². The molecule has 1 amide bonds. The van der Waals surface area contributed by atoms with Gasteiger partial charge >= 0.3 is 0 Å². The van der Waals surface area contributed by atoms with Crippen molar-refractivity contribution < 1.29 is 13.9 Å². The van der Waals surface area contributed by atoms with Crippen LogP contribution in [-0.4, -0.2) is 56.2 Å². The summed E-state index contributed by atoms with van der Waals surface area (Å²) in [6.45, 7) is 5.96. The Bertz CT molecular complexity index is 470. The van der Waals surface area contributed by atoms with Gasteiger partial charge in [0, 0.05) is 31.7 Å². The number of ether oxygens (including phenoxy) is 1. The molecule has 1 heterocycles. The van der Waals surface area contributed by atoms with Gasteiger partial charge in [0.05, 0.1) is 13.1 Å². The van der Waals surface area contributed by atoms with Crippen LogP contribution in [0.25, 0.3) is 0 Å². The molecule has 6 heteroatoms. The van der Waals surface area contributed by atoms with Gasteiger partial charge in [-0.15, -0.1) is 0 Å². The highest BCUT2D eigenvalue weighted by atomic mass is 19.1. The third-order valence-electron chi connectivity index (χ3n) is 3.47. The number of piperazine rings is 1. The molecule has 1 aliphatic heterocycles. The Labute approximate surface area is 124 Å². The van der Waals surface area contributed by atoms with Crippen molar-refractivity contribution in [3.63, 3.8) is 0 Å². The predicted octanol–water partition coefficient (Wildman–Crippen LogP) is 0.614. The fourth-order valence-electron chi connectivity index (χ4n) is 2.27. The van der Waals surface area contributed by atoms with Crippen LogP contribution in [0.1, 0.15) is 6.92 Å². The number of rotatable bonds is 6. The summed E-state index contributed by atoms with van der Waals surface area (Å²) in [6.07, 6.45) is 0. The smallest absolute Gasteiger partial charge is 0.234 e. The molecular weight excluding hydrogens is 273 g/mol. The minimum absolute atomic E-state index is 0.00778. The number of carbonyl (C=O) groups is 1. The first-order valence-electron chi connectivity index (χ1n) is 7.25. The van der Waals surface area contributed by atoms with Crippen LogP contribution in [0.2, 0.25) is 0 Å². The van der Waals surface area contributed by atoms with Crippen LogP contribution < -0.4 is 15.4 Å². The summed E-state index contributed by atoms with van der Waals surface area (Å²) in [4.78, 5) is 14.0. The molecule has 0 spiro atoms. The van der Waals surface area contributed by atoms with Crippen molar-refractivity contribution in [2.24, 2.45) is 0 Å². The maximum atomic E-state index is 12.9. The maximum absolute atomic E-state index is 12.9. The number of nitrogens with one attached hydrogen (secondary N) is 2. The molecule has 1 aliphatic rings. The lowest BCUT2D eigenvalue weighted by atomic mass is 10.2. The Morgan fingerprint density at radius 1 is 1.57 bits per heavy atom. The molecule has 2 N–H and O–H groups in total. The van der Waals surface area contributed by atoms with E-state index in [-0.39, 0.29) is 11.7 Å². The molecule has 1 aromatic carbocycles. The van der Waals surface area contributed by atoms with Gasteiger partial charge < -0.3 is 15.4 Å². The average Bonchev–Trinajstić information content (AvgIpc) is 2.46. The molecule has 5 nitrogen and oxygen atoms in total. The fraction of sp³-hybridized carbons (Fsp3) is 0.533. The highest BCUT2D eigenvalue weighted by molar-refractivity contribution is 5.78. The first-order chi connectivity index (χ1) is 10.1. The molecule has 116 valence electrons. The molecule has 0 aliphatic carbocycles. The number of nitrogens with zero attached hydrogens (tertiary/aromatic N) is 1. The van der Waals surface area contributed by atoms with Crippen molar-refractivity contribution in [3.05, 3.63) is 30.1 Å². The van der Waals surface area contributed by atoms with E-state index in [1.54, 1.807) is 12.1 Å². The van der Waals surface area contributed by atoms with Gasteiger partial charge in [0.1, 0.15) is 18.2 Å². The second-order valence-corrected chi connectivity index (χ2v) is 5.18. The zero-order valence-corrected chi connectivity index (χ0v) is 12.3. The predicted molar refractivity (Wildman–Crippen MR) is 78.8 cm³/mol. The molecule has 0 saturated carbocycles. The van der Waals surface area contributed by atoms with Crippen LogP contribution in [0, 0.1) is 5.82 Å². The number of hydrogen-bond donors (Lipinski definition) is 2. The van der Waals surface area contributed by atoms with Crippen molar-refractivity contribution in [2.45, 2.75) is 13.0 Å². The van der Waals surface area contributed by atoms with E-state index < -0.39 is 0 Å². The van der Waals surface area contributed by atoms with E-state index in [0.29, 0.717) is 31.5 Å². The molecule has 1 atom stereocenters. The lowest BCUT2D eigenvalue weighted by molar-refractivity contribution is -0.123. The number of halogens is 1. The van der Waals surface area contributed by atoms with E-state index in [1.807, 2.05) is 0 Å². The molecule has 0 bridgehead atoms. The van der Waals surface area contributed by atoms with Crippen molar-refractivity contribution >= 4 is 5.91 Å². The van der Waals surface area contributed by atoms with Crippen molar-refractivity contribution in [1.29, 1.82) is 0 Å². The molecular formula is C15H22FN3O2. The Hall–Kier alpha value is -1.66. The van der Waals surface area contributed by atoms with Gasteiger partial charge in [-0.1, -0.05) is 6.07 Å². The second kappa shape index (κ2) is 7.95. The Kier molecular flexibility index (Phi) is 5.95. The number of benzene rings is 1. The zero-order valence-electron chi connectivity index (χ0n) is 12.3. The monoisotopic (exact) mass is 295 g/mol. The standard InChI is InChI=1S/C15H22FN3O2/c1-12-10-17-5-7-19(12)11-15(20)18-6-8-21-14-4-2-3-13(16)9-14/h2-4,9,12,17H,5-8,10-11H2,1H3,(H,18,20)/t12-/m1/s1. The Morgan fingerprint density at radius 2 is 2.43 bits per heavy atom. The minimum Gasteiger partial charge on any atom is -0.492 e. The van der Waals surface area contributed by atoms with Gasteiger partial charge in [0.15, 0.2) is 0 Å². The van der Waals surface area contributed by atoms with Gasteiger partial charge in [-0.3, -0.25) is 9.69 Å². The summed E-state index contributed by atoms with van der Waals surface area (Å²) in [5, 5.41) is 6.10. The van der Waals surface area contributed by atoms with Crippen LogP contribution in [0.3, 0.4) is 0 Å². The molecule has 1 saturated heterocycles. The second-order valence-electron chi connectivity index (χ2n) is 5.18. The Balaban J connectivity index is 1.63. The van der Waals surface area contributed by atoms with Crippen molar-refractivity contribution in [2.75, 3.05) is 39.3 Å². The Morgan fingerprint density at radius 3 is 3.19 bits per heavy atom. The molecule has 0 aromatic heterocycles. The molecule has 0 unspecified atom stereocenters. The molecule has 2 rings (SSSR count). The molecule has 1 fully saturated rings. The number of amides is 1. The summed E-state index contributed by atoms with van der Waals surface area (Å²) in [6, 6.07) is 6.34. The highest BCUT2D eigenvalue weighted by Crippen LogP contribution is 2.11. The quantitative estimate of drug-likeness (QED) is 0.755. The third-order valence-corrected chi connectivity index (χ3v) is 3.47. The van der Waals surface area contributed by atoms with Crippen LogP contribution in [0.5, 0.6) is 5.75 Å². The van der Waals surface area contributed by atoms with E-state index >= 15 is 0 Å². The molecule has 1 aromatic rings. The lowest BCUT2D eigenvalue weighted by Gasteiger charge is -2.33. The summed E-state index contributed by atoms with van der Waals surface area (Å²) in [7, 11) is 0. The summed E-state index contributed by atoms with van der Waals surface area (Å²) in [5.74, 6) is 0.135. The topological polar surface area (TPSA) is 53.6 Å². The van der Waals surface area contributed by atoms with E-state index in [0.717, 1.165) is 19.6 Å². The van der Waals surface area contributed by atoms with Crippen LogP contribution in [0.4, 0.5) is 4.39 Å². The van der Waals surface area contributed by atoms with E-state index in [2.05, 4.69) is 22.5 Å². The lowest BCUT2D eigenvalue weighted by Crippen LogP contribution is -2.52. The van der Waals surface area contributed by atoms with Crippen molar-refractivity contribution in [3.8, 4) is 5.75 Å². The van der Waals surface area contributed by atoms with Gasteiger partial charge in [-0.25, -0.2) is 4.39 Å². The van der Waals surface area contributed by atoms with Crippen LogP contribution >= 0.6 is 0 Å². The third kappa shape index (κ3) is 5.32. The van der Waals surface area contributed by atoms with Crippen molar-refractivity contribution in [1.82, 2.24) is 15.5 Å². The first-order valence-corrected chi connectivity index (χ1v) is 7.25. The summed E-state index contributed by atoms with van der Waals surface area (Å²) in [5.41, 5.74) is 0. The average molecular weight is 295 g/mol. The van der Waals surface area contributed by atoms with E-state index in [1.165, 1.54) is 12.1 Å². The van der Waals surface area contributed by atoms with Crippen LogP contribution in [0.15, 0.2) is 24.3 Å². The number of hydrogen-bond acceptors (Lipinski definition) is 4. The number of carbonyl (C=O) groups excluding carboxylic acids is 1. The van der Waals surface area contributed by atoms with Gasteiger partial charge in [0.2, 0.25) is 5.91 Å². The summed E-state index contributed by atoms with van der Waals surface area (Å²) >= 11 is 0. The summed E-state index contributed by atoms with van der Waals surface area (Å²) < 4.78 is 18.3. The van der Waals surface area contributed by atoms with E-state index in [9.17, 15) is 9.18 Å². The zero-order chi connectivity index (χ0) is 15.1. The highest BCUT2D eigenvalue weighted by Gasteiger charge is 2.19. The SMILES string of the molecule is C[C@@H]1CNCCN1CC(=O)NCCOc1cccc(F)c1. The molecule has 0 radical (unpaired) electrons. The largest absolute Gasteiger partial charge is 0.492 e. The normalized spacial score (nSPS) is 19.2. The fourth-order valence-corrected chi connectivity index (χ4v) is 2.27. The van der Waals surface area contributed by atoms with Gasteiger partial charge in [-0.2, -0.15) is 0 Å². The first kappa shape index (κ1) is 15.7. The van der Waals surface area contributed by atoms with Gasteiger partial charge in [-0.05, 0) is 19.1 Å². The minimum atomic E-state index is -0.329. The maximum Gasteiger partial charge on any atom is 0.234 e. The van der Waals surface area contributed by atoms with Crippen LogP contribution in [-0.2, 0) is 4.79 Å².